The van der Waals surface area contributed by atoms with Crippen molar-refractivity contribution in [1.82, 2.24) is 13.7 Å². The average molecular weight is 393 g/mol. The van der Waals surface area contributed by atoms with Gasteiger partial charge in [0, 0.05) is 26.4 Å². The van der Waals surface area contributed by atoms with Gasteiger partial charge in [-0.3, -0.25) is 18.7 Å². The van der Waals surface area contributed by atoms with Crippen LogP contribution in [-0.4, -0.2) is 24.2 Å². The molecular weight excluding hydrogens is 377 g/mol. The molecule has 0 radical (unpaired) electrons. The van der Waals surface area contributed by atoms with Crippen LogP contribution >= 0.6 is 0 Å². The summed E-state index contributed by atoms with van der Waals surface area (Å²) in [5.41, 5.74) is -1.85. The van der Waals surface area contributed by atoms with E-state index in [2.05, 4.69) is 0 Å². The molecule has 0 aliphatic rings. The van der Waals surface area contributed by atoms with Gasteiger partial charge in [-0.25, -0.2) is 18.0 Å². The Hall–Kier alpha value is -3.01. The fourth-order valence-corrected chi connectivity index (χ4v) is 3.21. The summed E-state index contributed by atoms with van der Waals surface area (Å²) in [6, 6.07) is 5.22. The molecule has 0 bridgehead atoms. The number of hydrogen-bond donors (Lipinski definition) is 0. The maximum absolute atomic E-state index is 14.6. The lowest BCUT2D eigenvalue weighted by molar-refractivity contribution is 0.567. The van der Waals surface area contributed by atoms with Crippen LogP contribution in [0.4, 0.5) is 4.39 Å². The topological polar surface area (TPSA) is 92.3 Å². The van der Waals surface area contributed by atoms with Gasteiger partial charge in [0.25, 0.3) is 11.1 Å². The van der Waals surface area contributed by atoms with Gasteiger partial charge in [0.05, 0.1) is 5.69 Å². The zero-order chi connectivity index (χ0) is 20.0. The Morgan fingerprint density at radius 1 is 1.07 bits per heavy atom. The number of aryl methyl sites for hydroxylation is 2. The van der Waals surface area contributed by atoms with Crippen LogP contribution in [0.3, 0.4) is 0 Å². The molecule has 27 heavy (non-hydrogen) atoms. The summed E-state index contributed by atoms with van der Waals surface area (Å²) in [6.45, 7) is 1.69. The Kier molecular flexibility index (Phi) is 4.60. The van der Waals surface area contributed by atoms with Crippen LogP contribution in [0, 0.1) is 12.7 Å². The molecule has 2 heterocycles. The second-order valence-corrected chi connectivity index (χ2v) is 7.00. The van der Waals surface area contributed by atoms with E-state index < -0.39 is 33.7 Å². The van der Waals surface area contributed by atoms with E-state index in [1.807, 2.05) is 0 Å². The first kappa shape index (κ1) is 18.8. The second-order valence-electron chi connectivity index (χ2n) is 6.03. The number of aromatic nitrogens is 3. The maximum atomic E-state index is 14.6. The van der Waals surface area contributed by atoms with Crippen molar-refractivity contribution in [2.24, 2.45) is 14.1 Å². The van der Waals surface area contributed by atoms with Gasteiger partial charge >= 0.3 is 5.69 Å². The molecule has 0 saturated carbocycles. The van der Waals surface area contributed by atoms with Crippen molar-refractivity contribution >= 4 is 22.1 Å². The van der Waals surface area contributed by atoms with E-state index in [1.165, 1.54) is 32.5 Å². The van der Waals surface area contributed by atoms with Crippen LogP contribution in [0.15, 0.2) is 38.6 Å². The molecule has 0 aliphatic heterocycles. The summed E-state index contributed by atoms with van der Waals surface area (Å²) in [6.07, 6.45) is 1.23. The Bertz CT molecular complexity index is 1290. The third-order valence-corrected chi connectivity index (χ3v) is 4.55. The van der Waals surface area contributed by atoms with Crippen LogP contribution in [-0.2, 0) is 25.2 Å². The van der Waals surface area contributed by atoms with Crippen molar-refractivity contribution in [3.8, 4) is 11.4 Å². The van der Waals surface area contributed by atoms with E-state index in [1.54, 1.807) is 13.0 Å². The Labute approximate surface area is 154 Å². The lowest BCUT2D eigenvalue weighted by atomic mass is 10.2. The van der Waals surface area contributed by atoms with Crippen LogP contribution in [0.2, 0.25) is 0 Å². The smallest absolute Gasteiger partial charge is 0.337 e. The maximum Gasteiger partial charge on any atom is 0.337 e. The molecule has 3 aromatic rings. The Morgan fingerprint density at radius 2 is 1.74 bits per heavy atom. The van der Waals surface area contributed by atoms with E-state index in [0.29, 0.717) is 5.56 Å². The first-order valence-electron chi connectivity index (χ1n) is 7.77. The summed E-state index contributed by atoms with van der Waals surface area (Å²) in [5.74, 6) is -0.939. The largest absolute Gasteiger partial charge is 0.400 e. The van der Waals surface area contributed by atoms with E-state index in [0.717, 1.165) is 19.8 Å². The van der Waals surface area contributed by atoms with Gasteiger partial charge in [-0.15, -0.1) is 0 Å². The van der Waals surface area contributed by atoms with Gasteiger partial charge in [-0.05, 0) is 24.6 Å². The van der Waals surface area contributed by atoms with Crippen molar-refractivity contribution in [1.29, 1.82) is 0 Å². The van der Waals surface area contributed by atoms with Crippen LogP contribution in [0.5, 0.6) is 5.75 Å². The molecule has 0 amide bonds. The van der Waals surface area contributed by atoms with Crippen LogP contribution in [0.25, 0.3) is 16.7 Å². The molecular formula is C17H16FN3O5S. The minimum atomic E-state index is -1.82. The van der Waals surface area contributed by atoms with Crippen LogP contribution in [0.1, 0.15) is 5.56 Å². The Balaban J connectivity index is 2.64. The summed E-state index contributed by atoms with van der Waals surface area (Å²) in [4.78, 5) is 37.8. The number of rotatable bonds is 3. The highest BCUT2D eigenvalue weighted by atomic mass is 32.2. The van der Waals surface area contributed by atoms with Gasteiger partial charge in [-0.1, -0.05) is 6.07 Å². The van der Waals surface area contributed by atoms with Gasteiger partial charge < -0.3 is 4.18 Å². The van der Waals surface area contributed by atoms with E-state index in [9.17, 15) is 23.0 Å². The molecule has 0 aliphatic carbocycles. The molecule has 10 heteroatoms. The monoisotopic (exact) mass is 393 g/mol. The van der Waals surface area contributed by atoms with Crippen molar-refractivity contribution in [2.75, 3.05) is 6.26 Å². The van der Waals surface area contributed by atoms with Crippen molar-refractivity contribution in [3.05, 3.63) is 66.8 Å². The van der Waals surface area contributed by atoms with Crippen molar-refractivity contribution in [3.63, 3.8) is 0 Å². The molecule has 0 N–H and O–H groups in total. The number of hydrogen-bond acceptors (Lipinski definition) is 5. The summed E-state index contributed by atoms with van der Waals surface area (Å²) in [7, 11) is 2.57. The van der Waals surface area contributed by atoms with Gasteiger partial charge in [0.2, 0.25) is 11.1 Å². The normalized spacial score (nSPS) is 12.3. The zero-order valence-corrected chi connectivity index (χ0v) is 15.8. The molecule has 1 aromatic carbocycles. The van der Waals surface area contributed by atoms with Crippen LogP contribution < -0.4 is 21.0 Å². The minimum Gasteiger partial charge on any atom is -0.400 e. The highest BCUT2D eigenvalue weighted by Crippen LogP contribution is 2.23. The average Bonchev–Trinajstić information content (AvgIpc) is 2.58. The molecule has 1 unspecified atom stereocenters. The summed E-state index contributed by atoms with van der Waals surface area (Å²) < 4.78 is 34.0. The van der Waals surface area contributed by atoms with E-state index in [4.69, 9.17) is 4.18 Å². The number of pyridine rings is 1. The molecule has 0 fully saturated rings. The molecule has 3 rings (SSSR count). The predicted molar refractivity (Wildman–Crippen MR) is 99.4 cm³/mol. The van der Waals surface area contributed by atoms with E-state index >= 15 is 0 Å². The number of fused-ring (bicyclic) bond motifs is 1. The fraction of sp³-hybridized carbons (Fsp3) is 0.235. The lowest BCUT2D eigenvalue weighted by Crippen LogP contribution is -2.40. The van der Waals surface area contributed by atoms with Crippen molar-refractivity contribution < 1.29 is 12.8 Å². The highest BCUT2D eigenvalue weighted by molar-refractivity contribution is 7.79. The fourth-order valence-electron chi connectivity index (χ4n) is 2.82. The Morgan fingerprint density at radius 3 is 2.33 bits per heavy atom. The number of halogens is 1. The third-order valence-electron chi connectivity index (χ3n) is 4.13. The molecule has 8 nitrogen and oxygen atoms in total. The second kappa shape index (κ2) is 6.62. The minimum absolute atomic E-state index is 0.129. The zero-order valence-electron chi connectivity index (χ0n) is 15.0. The predicted octanol–water partition coefficient (Wildman–Crippen LogP) is 0.508. The lowest BCUT2D eigenvalue weighted by Gasteiger charge is -2.17. The van der Waals surface area contributed by atoms with Gasteiger partial charge in [-0.2, -0.15) is 0 Å². The molecule has 2 aromatic heterocycles. The third kappa shape index (κ3) is 3.01. The van der Waals surface area contributed by atoms with Gasteiger partial charge in [0.1, 0.15) is 16.9 Å². The number of nitrogens with zero attached hydrogens (tertiary/aromatic N) is 3. The first-order chi connectivity index (χ1) is 12.6. The van der Waals surface area contributed by atoms with E-state index in [-0.39, 0.29) is 22.5 Å². The number of benzene rings is 1. The first-order valence-corrected chi connectivity index (χ1v) is 9.26. The SMILES string of the molecule is Cc1ccc(-n2c(=O)n(C)c(=O)c3c(OS(C)=O)cc(=O)n(C)c32)c(F)c1. The molecule has 0 saturated heterocycles. The van der Waals surface area contributed by atoms with Crippen molar-refractivity contribution in [2.45, 2.75) is 6.92 Å². The molecule has 142 valence electrons. The molecule has 0 spiro atoms. The highest BCUT2D eigenvalue weighted by Gasteiger charge is 2.22. The summed E-state index contributed by atoms with van der Waals surface area (Å²) >= 11 is -1.82. The quantitative estimate of drug-likeness (QED) is 0.647. The summed E-state index contributed by atoms with van der Waals surface area (Å²) in [5, 5.41) is -0.158. The van der Waals surface area contributed by atoms with Gasteiger partial charge in [0.15, 0.2) is 5.75 Å². The molecule has 1 atom stereocenters. The standard InChI is InChI=1S/C17H16FN3O5S/c1-9-5-6-11(10(18)7-9)21-15-14(16(23)20(3)17(21)24)12(26-27(4)25)8-13(22)19(15)2/h5-8H,1-4H3.